The molecule has 0 aliphatic heterocycles. The number of halogens is 4. The number of rotatable bonds is 4. The van der Waals surface area contributed by atoms with E-state index in [1.807, 2.05) is 0 Å². The minimum absolute atomic E-state index is 0.0279. The number of nitrogens with one attached hydrogen (secondary N) is 1. The molecule has 0 saturated carbocycles. The summed E-state index contributed by atoms with van der Waals surface area (Å²) < 4.78 is 40.7. The predicted molar refractivity (Wildman–Crippen MR) is 54.1 cm³/mol. The zero-order chi connectivity index (χ0) is 13.1. The number of aromatic nitrogens is 2. The van der Waals surface area contributed by atoms with Gasteiger partial charge in [-0.3, -0.25) is 0 Å². The fraction of sp³-hybridized carbons (Fsp3) is 0.500. The van der Waals surface area contributed by atoms with Gasteiger partial charge in [0.1, 0.15) is 5.02 Å². The standard InChI is InChI=1S/C8H9ClF3N3O2/c1-17-7-14-2-4(9)6(15-7)13-3-5(16)8(10,11)12/h2,5,16H,3H2,1H3,(H,13,14,15). The Hall–Kier alpha value is -1.28. The van der Waals surface area contributed by atoms with Gasteiger partial charge >= 0.3 is 12.2 Å². The van der Waals surface area contributed by atoms with Crippen molar-refractivity contribution in [1.82, 2.24) is 9.97 Å². The van der Waals surface area contributed by atoms with Crippen molar-refractivity contribution >= 4 is 17.4 Å². The van der Waals surface area contributed by atoms with Crippen molar-refractivity contribution in [2.75, 3.05) is 19.0 Å². The zero-order valence-corrected chi connectivity index (χ0v) is 9.38. The SMILES string of the molecule is COc1ncc(Cl)c(NCC(O)C(F)(F)F)n1. The van der Waals surface area contributed by atoms with Gasteiger partial charge in [-0.1, -0.05) is 11.6 Å². The smallest absolute Gasteiger partial charge is 0.416 e. The molecule has 2 N–H and O–H groups in total. The van der Waals surface area contributed by atoms with E-state index in [-0.39, 0.29) is 16.9 Å². The average Bonchev–Trinajstić information content (AvgIpc) is 2.26. The molecule has 1 rings (SSSR count). The molecule has 1 heterocycles. The van der Waals surface area contributed by atoms with Crippen molar-refractivity contribution in [3.05, 3.63) is 11.2 Å². The Bertz CT molecular complexity index is 389. The van der Waals surface area contributed by atoms with Crippen molar-refractivity contribution in [1.29, 1.82) is 0 Å². The molecule has 0 bridgehead atoms. The van der Waals surface area contributed by atoms with Crippen LogP contribution in [0.3, 0.4) is 0 Å². The Kier molecular flexibility index (Phi) is 4.35. The van der Waals surface area contributed by atoms with Gasteiger partial charge < -0.3 is 15.2 Å². The first-order valence-corrected chi connectivity index (χ1v) is 4.77. The minimum atomic E-state index is -4.70. The van der Waals surface area contributed by atoms with Gasteiger partial charge in [-0.25, -0.2) is 4.98 Å². The third kappa shape index (κ3) is 3.90. The first kappa shape index (κ1) is 13.8. The van der Waals surface area contributed by atoms with Crippen LogP contribution < -0.4 is 10.1 Å². The Morgan fingerprint density at radius 1 is 1.59 bits per heavy atom. The number of ether oxygens (including phenoxy) is 1. The largest absolute Gasteiger partial charge is 0.467 e. The van der Waals surface area contributed by atoms with Gasteiger partial charge in [0.15, 0.2) is 11.9 Å². The summed E-state index contributed by atoms with van der Waals surface area (Å²) in [4.78, 5) is 7.33. The number of aliphatic hydroxyl groups excluding tert-OH is 1. The second-order valence-corrected chi connectivity index (χ2v) is 3.40. The van der Waals surface area contributed by atoms with Crippen LogP contribution in [0, 0.1) is 0 Å². The van der Waals surface area contributed by atoms with Crippen LogP contribution in [-0.2, 0) is 0 Å². The third-order valence-corrected chi connectivity index (χ3v) is 2.02. The highest BCUT2D eigenvalue weighted by atomic mass is 35.5. The number of anilines is 1. The van der Waals surface area contributed by atoms with E-state index in [9.17, 15) is 13.2 Å². The van der Waals surface area contributed by atoms with E-state index in [4.69, 9.17) is 16.7 Å². The molecule has 9 heteroatoms. The predicted octanol–water partition coefficient (Wildman–Crippen LogP) is 1.47. The number of methoxy groups -OCH3 is 1. The lowest BCUT2D eigenvalue weighted by Crippen LogP contribution is -2.35. The van der Waals surface area contributed by atoms with Gasteiger partial charge in [0, 0.05) is 0 Å². The normalized spacial score (nSPS) is 13.3. The van der Waals surface area contributed by atoms with Crippen LogP contribution >= 0.6 is 11.6 Å². The van der Waals surface area contributed by atoms with Crippen LogP contribution in [0.15, 0.2) is 6.20 Å². The summed E-state index contributed by atoms with van der Waals surface area (Å²) in [6.07, 6.45) is -6.02. The molecule has 1 atom stereocenters. The second-order valence-electron chi connectivity index (χ2n) is 2.99. The van der Waals surface area contributed by atoms with Gasteiger partial charge in [0.05, 0.1) is 19.9 Å². The highest BCUT2D eigenvalue weighted by Gasteiger charge is 2.38. The van der Waals surface area contributed by atoms with Crippen molar-refractivity contribution in [2.24, 2.45) is 0 Å². The Balaban J connectivity index is 2.69. The van der Waals surface area contributed by atoms with Crippen molar-refractivity contribution < 1.29 is 23.0 Å². The van der Waals surface area contributed by atoms with Crippen LogP contribution in [0.2, 0.25) is 5.02 Å². The maximum absolute atomic E-state index is 12.0. The number of alkyl halides is 3. The van der Waals surface area contributed by atoms with Crippen LogP contribution in [0.4, 0.5) is 19.0 Å². The highest BCUT2D eigenvalue weighted by molar-refractivity contribution is 6.32. The molecule has 1 aromatic heterocycles. The van der Waals surface area contributed by atoms with E-state index >= 15 is 0 Å². The Morgan fingerprint density at radius 3 is 2.76 bits per heavy atom. The summed E-state index contributed by atoms with van der Waals surface area (Å²) >= 11 is 5.64. The summed E-state index contributed by atoms with van der Waals surface area (Å²) in [5.41, 5.74) is 0. The van der Waals surface area contributed by atoms with Gasteiger partial charge in [0.2, 0.25) is 0 Å². The summed E-state index contributed by atoms with van der Waals surface area (Å²) in [7, 11) is 1.30. The average molecular weight is 272 g/mol. The Labute approximate surface area is 99.6 Å². The van der Waals surface area contributed by atoms with Crippen LogP contribution in [0.25, 0.3) is 0 Å². The molecule has 0 aliphatic carbocycles. The number of nitrogens with zero attached hydrogens (tertiary/aromatic N) is 2. The van der Waals surface area contributed by atoms with Gasteiger partial charge in [-0.2, -0.15) is 18.2 Å². The van der Waals surface area contributed by atoms with Gasteiger partial charge in [-0.15, -0.1) is 0 Å². The molecule has 17 heavy (non-hydrogen) atoms. The lowest BCUT2D eigenvalue weighted by Gasteiger charge is -2.15. The molecule has 1 unspecified atom stereocenters. The molecule has 0 saturated heterocycles. The first-order valence-electron chi connectivity index (χ1n) is 4.39. The molecule has 0 spiro atoms. The molecule has 0 radical (unpaired) electrons. The lowest BCUT2D eigenvalue weighted by molar-refractivity contribution is -0.198. The van der Waals surface area contributed by atoms with E-state index in [0.29, 0.717) is 0 Å². The summed E-state index contributed by atoms with van der Waals surface area (Å²) in [5, 5.41) is 11.0. The quantitative estimate of drug-likeness (QED) is 0.868. The van der Waals surface area contributed by atoms with Crippen molar-refractivity contribution in [3.63, 3.8) is 0 Å². The first-order chi connectivity index (χ1) is 7.84. The topological polar surface area (TPSA) is 67.3 Å². The van der Waals surface area contributed by atoms with Crippen molar-refractivity contribution in [3.8, 4) is 6.01 Å². The lowest BCUT2D eigenvalue weighted by atomic mass is 10.3. The van der Waals surface area contributed by atoms with Crippen LogP contribution in [-0.4, -0.2) is 41.0 Å². The maximum atomic E-state index is 12.0. The van der Waals surface area contributed by atoms with Crippen molar-refractivity contribution in [2.45, 2.75) is 12.3 Å². The summed E-state index contributed by atoms with van der Waals surface area (Å²) in [5.74, 6) is -0.0400. The molecule has 0 aromatic carbocycles. The van der Waals surface area contributed by atoms with E-state index in [0.717, 1.165) is 0 Å². The fourth-order valence-electron chi connectivity index (χ4n) is 0.882. The summed E-state index contributed by atoms with van der Waals surface area (Å²) in [6, 6.07) is -0.0431. The monoisotopic (exact) mass is 271 g/mol. The van der Waals surface area contributed by atoms with E-state index in [1.54, 1.807) is 0 Å². The molecule has 0 aliphatic rings. The number of aliphatic hydroxyl groups is 1. The second kappa shape index (κ2) is 5.37. The van der Waals surface area contributed by atoms with Gasteiger partial charge in [0.25, 0.3) is 0 Å². The summed E-state index contributed by atoms with van der Waals surface area (Å²) in [6.45, 7) is -0.761. The van der Waals surface area contributed by atoms with Gasteiger partial charge in [-0.05, 0) is 0 Å². The fourth-order valence-corrected chi connectivity index (χ4v) is 1.04. The zero-order valence-electron chi connectivity index (χ0n) is 8.62. The van der Waals surface area contributed by atoms with Crippen LogP contribution in [0.5, 0.6) is 6.01 Å². The molecule has 1 aromatic rings. The molecule has 96 valence electrons. The molecule has 0 amide bonds. The number of hydrogen-bond donors (Lipinski definition) is 2. The minimum Gasteiger partial charge on any atom is -0.467 e. The third-order valence-electron chi connectivity index (χ3n) is 1.75. The number of hydrogen-bond acceptors (Lipinski definition) is 5. The molecule has 5 nitrogen and oxygen atoms in total. The molecular weight excluding hydrogens is 263 g/mol. The molecular formula is C8H9ClF3N3O2. The maximum Gasteiger partial charge on any atom is 0.416 e. The highest BCUT2D eigenvalue weighted by Crippen LogP contribution is 2.23. The van der Waals surface area contributed by atoms with Crippen LogP contribution in [0.1, 0.15) is 0 Å². The Morgan fingerprint density at radius 2 is 2.24 bits per heavy atom. The van der Waals surface area contributed by atoms with E-state index in [1.165, 1.54) is 13.3 Å². The van der Waals surface area contributed by atoms with E-state index in [2.05, 4.69) is 20.0 Å². The van der Waals surface area contributed by atoms with E-state index < -0.39 is 18.8 Å². The molecule has 0 fully saturated rings.